The van der Waals surface area contributed by atoms with Crippen LogP contribution in [0.3, 0.4) is 0 Å². The molecule has 2 fully saturated rings. The monoisotopic (exact) mass is 307 g/mol. The number of likely N-dealkylation sites (tertiary alicyclic amines) is 1. The van der Waals surface area contributed by atoms with E-state index in [1.165, 1.54) is 0 Å². The van der Waals surface area contributed by atoms with Crippen LogP contribution < -0.4 is 4.74 Å². The molecule has 1 heterocycles. The van der Waals surface area contributed by atoms with Crippen LogP contribution in [0.4, 0.5) is 0 Å². The number of amides is 1. The van der Waals surface area contributed by atoms with Gasteiger partial charge in [-0.2, -0.15) is 0 Å². The van der Waals surface area contributed by atoms with Gasteiger partial charge in [0.25, 0.3) is 5.91 Å². The van der Waals surface area contributed by atoms with Crippen molar-refractivity contribution in [2.24, 2.45) is 11.3 Å². The zero-order valence-electron chi connectivity index (χ0n) is 12.9. The fraction of sp³-hybridized carbons (Fsp3) is 0.263. The largest absolute Gasteiger partial charge is 0.497 e. The summed E-state index contributed by atoms with van der Waals surface area (Å²) in [6.45, 7) is 0.639. The van der Waals surface area contributed by atoms with E-state index >= 15 is 0 Å². The van der Waals surface area contributed by atoms with E-state index in [-0.39, 0.29) is 11.7 Å². The molecule has 2 atom stereocenters. The molecule has 4 rings (SSSR count). The molecule has 0 N–H and O–H groups in total. The molecule has 4 heteroatoms. The Labute approximate surface area is 134 Å². The number of methoxy groups -OCH3 is 1. The third-order valence-electron chi connectivity index (χ3n) is 4.98. The van der Waals surface area contributed by atoms with E-state index in [1.807, 2.05) is 30.3 Å². The van der Waals surface area contributed by atoms with Crippen LogP contribution >= 0.6 is 0 Å². The van der Waals surface area contributed by atoms with Crippen LogP contribution in [0.2, 0.25) is 0 Å². The van der Waals surface area contributed by atoms with E-state index in [2.05, 4.69) is 0 Å². The third-order valence-corrected chi connectivity index (χ3v) is 4.98. The fourth-order valence-electron chi connectivity index (χ4n) is 3.68. The van der Waals surface area contributed by atoms with Crippen molar-refractivity contribution in [3.05, 3.63) is 59.8 Å². The average molecular weight is 307 g/mol. The normalized spacial score (nSPS) is 27.7. The number of rotatable bonds is 3. The molecule has 0 radical (unpaired) electrons. The molecule has 1 spiro atoms. The van der Waals surface area contributed by atoms with E-state index in [1.54, 1.807) is 36.3 Å². The molecular formula is C19H17NO3. The second-order valence-electron chi connectivity index (χ2n) is 6.21. The summed E-state index contributed by atoms with van der Waals surface area (Å²) in [5.41, 5.74) is 1.38. The van der Waals surface area contributed by atoms with Crippen LogP contribution in [-0.4, -0.2) is 30.2 Å². The molecule has 3 aliphatic rings. The Kier molecular flexibility index (Phi) is 3.01. The topological polar surface area (TPSA) is 46.6 Å². The van der Waals surface area contributed by atoms with Crippen molar-refractivity contribution in [3.8, 4) is 5.75 Å². The highest BCUT2D eigenvalue weighted by Gasteiger charge is 2.68. The lowest BCUT2D eigenvalue weighted by Gasteiger charge is -2.24. The molecule has 1 aliphatic heterocycles. The summed E-state index contributed by atoms with van der Waals surface area (Å²) in [5, 5.41) is 0. The minimum atomic E-state index is -0.395. The van der Waals surface area contributed by atoms with E-state index in [9.17, 15) is 9.59 Å². The molecule has 1 amide bonds. The Morgan fingerprint density at radius 1 is 1.43 bits per heavy atom. The second kappa shape index (κ2) is 4.95. The molecule has 1 aromatic carbocycles. The van der Waals surface area contributed by atoms with Crippen LogP contribution in [0.5, 0.6) is 5.75 Å². The standard InChI is InChI=1S/C19H17NO3/c1-23-15-5-2-4-13(10-15)8-9-18(22)20-12-14-11-19(14)16(20)6-3-7-17(19)21/h2-10,14H,11-12H2,1H3/t14-,19+/m1/s1. The van der Waals surface area contributed by atoms with Gasteiger partial charge in [-0.05, 0) is 48.3 Å². The van der Waals surface area contributed by atoms with Crippen molar-refractivity contribution in [2.75, 3.05) is 13.7 Å². The third kappa shape index (κ3) is 2.05. The fourth-order valence-corrected chi connectivity index (χ4v) is 3.68. The number of hydrogen-bond donors (Lipinski definition) is 0. The van der Waals surface area contributed by atoms with Crippen molar-refractivity contribution in [1.82, 2.24) is 4.90 Å². The smallest absolute Gasteiger partial charge is 0.250 e. The summed E-state index contributed by atoms with van der Waals surface area (Å²) >= 11 is 0. The van der Waals surface area contributed by atoms with E-state index < -0.39 is 5.41 Å². The summed E-state index contributed by atoms with van der Waals surface area (Å²) in [4.78, 5) is 26.4. The molecule has 116 valence electrons. The van der Waals surface area contributed by atoms with E-state index in [4.69, 9.17) is 4.74 Å². The van der Waals surface area contributed by atoms with Gasteiger partial charge in [-0.3, -0.25) is 9.59 Å². The summed E-state index contributed by atoms with van der Waals surface area (Å²) in [5.74, 6) is 1.12. The first-order chi connectivity index (χ1) is 11.1. The molecule has 1 aromatic rings. The Balaban J connectivity index is 1.54. The number of nitrogens with zero attached hydrogens (tertiary/aromatic N) is 1. The van der Waals surface area contributed by atoms with Crippen LogP contribution in [0.1, 0.15) is 12.0 Å². The predicted octanol–water partition coefficient (Wildman–Crippen LogP) is 2.58. The number of ether oxygens (including phenoxy) is 1. The number of ketones is 1. The van der Waals surface area contributed by atoms with Crippen molar-refractivity contribution in [1.29, 1.82) is 0 Å². The summed E-state index contributed by atoms with van der Waals surface area (Å²) in [6.07, 6.45) is 9.51. The average Bonchev–Trinajstić information content (AvgIpc) is 3.19. The first kappa shape index (κ1) is 14.0. The Morgan fingerprint density at radius 2 is 2.30 bits per heavy atom. The van der Waals surface area contributed by atoms with Gasteiger partial charge in [0, 0.05) is 18.3 Å². The van der Waals surface area contributed by atoms with Gasteiger partial charge in [0.15, 0.2) is 5.78 Å². The maximum Gasteiger partial charge on any atom is 0.250 e. The van der Waals surface area contributed by atoms with Crippen molar-refractivity contribution in [3.63, 3.8) is 0 Å². The number of piperidine rings is 1. The Bertz CT molecular complexity index is 790. The SMILES string of the molecule is COc1cccc(C=CC(=O)N2C[C@H]3C[C@]34C(=O)C=CC=C24)c1. The van der Waals surface area contributed by atoms with Crippen molar-refractivity contribution >= 4 is 17.8 Å². The lowest BCUT2D eigenvalue weighted by Crippen LogP contribution is -2.31. The Hall–Kier alpha value is -2.62. The number of hydrogen-bond acceptors (Lipinski definition) is 3. The zero-order valence-corrected chi connectivity index (χ0v) is 12.9. The lowest BCUT2D eigenvalue weighted by molar-refractivity contribution is -0.124. The van der Waals surface area contributed by atoms with Crippen LogP contribution in [0, 0.1) is 11.3 Å². The van der Waals surface area contributed by atoms with Gasteiger partial charge < -0.3 is 9.64 Å². The maximum absolute atomic E-state index is 12.5. The zero-order chi connectivity index (χ0) is 16.0. The molecule has 0 unspecified atom stereocenters. The summed E-state index contributed by atoms with van der Waals surface area (Å²) in [7, 11) is 1.62. The van der Waals surface area contributed by atoms with E-state index in [0.717, 1.165) is 23.4 Å². The minimum Gasteiger partial charge on any atom is -0.497 e. The number of carbonyl (C=O) groups excluding carboxylic acids is 2. The predicted molar refractivity (Wildman–Crippen MR) is 86.5 cm³/mol. The molecule has 1 saturated heterocycles. The number of allylic oxidation sites excluding steroid dienone is 4. The molecule has 0 bridgehead atoms. The van der Waals surface area contributed by atoms with Crippen LogP contribution in [-0.2, 0) is 9.59 Å². The molecular weight excluding hydrogens is 290 g/mol. The number of carbonyl (C=O) groups is 2. The van der Waals surface area contributed by atoms with Crippen molar-refractivity contribution in [2.45, 2.75) is 6.42 Å². The highest BCUT2D eigenvalue weighted by molar-refractivity contribution is 6.04. The summed E-state index contributed by atoms with van der Waals surface area (Å²) < 4.78 is 5.18. The Morgan fingerprint density at radius 3 is 3.13 bits per heavy atom. The molecule has 4 nitrogen and oxygen atoms in total. The first-order valence-electron chi connectivity index (χ1n) is 7.72. The quantitative estimate of drug-likeness (QED) is 0.806. The van der Waals surface area contributed by atoms with E-state index in [0.29, 0.717) is 12.5 Å². The molecule has 23 heavy (non-hydrogen) atoms. The van der Waals surface area contributed by atoms with Gasteiger partial charge >= 0.3 is 0 Å². The molecule has 2 aliphatic carbocycles. The second-order valence-corrected chi connectivity index (χ2v) is 6.21. The first-order valence-corrected chi connectivity index (χ1v) is 7.72. The van der Waals surface area contributed by atoms with Gasteiger partial charge in [-0.1, -0.05) is 18.2 Å². The minimum absolute atomic E-state index is 0.0752. The van der Waals surface area contributed by atoms with Gasteiger partial charge in [0.1, 0.15) is 5.75 Å². The van der Waals surface area contributed by atoms with Crippen LogP contribution in [0.15, 0.2) is 54.3 Å². The highest BCUT2D eigenvalue weighted by atomic mass is 16.5. The summed E-state index contributed by atoms with van der Waals surface area (Å²) in [6, 6.07) is 7.54. The highest BCUT2D eigenvalue weighted by Crippen LogP contribution is 2.65. The maximum atomic E-state index is 12.5. The molecule has 0 aromatic heterocycles. The lowest BCUT2D eigenvalue weighted by atomic mass is 9.91. The van der Waals surface area contributed by atoms with Crippen molar-refractivity contribution < 1.29 is 14.3 Å². The van der Waals surface area contributed by atoms with Gasteiger partial charge in [-0.15, -0.1) is 0 Å². The van der Waals surface area contributed by atoms with Gasteiger partial charge in [-0.25, -0.2) is 0 Å². The van der Waals surface area contributed by atoms with Gasteiger partial charge in [0.05, 0.1) is 12.5 Å². The van der Waals surface area contributed by atoms with Gasteiger partial charge in [0.2, 0.25) is 0 Å². The number of benzene rings is 1. The van der Waals surface area contributed by atoms with Crippen LogP contribution in [0.25, 0.3) is 6.08 Å². The molecule has 1 saturated carbocycles.